The Bertz CT molecular complexity index is 1440. The number of anilines is 2. The van der Waals surface area contributed by atoms with Crippen molar-refractivity contribution in [1.82, 2.24) is 4.90 Å². The molecule has 2 aliphatic rings. The Kier molecular flexibility index (Phi) is 6.91. The Labute approximate surface area is 223 Å². The van der Waals surface area contributed by atoms with Gasteiger partial charge in [-0.25, -0.2) is 8.42 Å². The molecule has 0 bridgehead atoms. The van der Waals surface area contributed by atoms with Crippen LogP contribution in [0.4, 0.5) is 24.5 Å². The molecule has 0 N–H and O–H groups in total. The number of benzene rings is 3. The molecule has 1 amide bonds. The van der Waals surface area contributed by atoms with E-state index in [-0.39, 0.29) is 36.2 Å². The molecule has 200 valence electrons. The van der Waals surface area contributed by atoms with Gasteiger partial charge in [-0.15, -0.1) is 0 Å². The van der Waals surface area contributed by atoms with Crippen molar-refractivity contribution in [2.75, 3.05) is 41.9 Å². The summed E-state index contributed by atoms with van der Waals surface area (Å²) in [4.78, 5) is 16.8. The minimum atomic E-state index is -4.44. The van der Waals surface area contributed by atoms with Gasteiger partial charge in [0, 0.05) is 36.9 Å². The van der Waals surface area contributed by atoms with Gasteiger partial charge in [0.05, 0.1) is 22.7 Å². The van der Waals surface area contributed by atoms with Gasteiger partial charge in [0.25, 0.3) is 15.9 Å². The first-order valence-corrected chi connectivity index (χ1v) is 13.6. The third-order valence-corrected chi connectivity index (χ3v) is 8.59. The van der Waals surface area contributed by atoms with Crippen LogP contribution in [0.15, 0.2) is 77.7 Å². The van der Waals surface area contributed by atoms with Gasteiger partial charge in [-0.3, -0.25) is 9.10 Å². The monoisotopic (exact) mass is 565 g/mol. The van der Waals surface area contributed by atoms with Crippen molar-refractivity contribution in [3.8, 4) is 5.75 Å². The van der Waals surface area contributed by atoms with E-state index in [4.69, 9.17) is 16.3 Å². The highest BCUT2D eigenvalue weighted by molar-refractivity contribution is 7.92. The van der Waals surface area contributed by atoms with Gasteiger partial charge in [0.2, 0.25) is 0 Å². The summed E-state index contributed by atoms with van der Waals surface area (Å²) in [5, 5.41) is 0.392. The molecule has 0 saturated carbocycles. The predicted molar refractivity (Wildman–Crippen MR) is 137 cm³/mol. The van der Waals surface area contributed by atoms with Crippen LogP contribution in [0.2, 0.25) is 5.02 Å². The normalized spacial score (nSPS) is 18.1. The minimum absolute atomic E-state index is 0.0273. The number of sulfonamides is 1. The standard InChI is InChI=1S/C26H23ClF3N3O4S/c27-19-8-10-21(11-9-19)38(35,36)33-17-24(37-23-7-2-1-6-22(23)33)25(34)32-14-12-31(13-15-32)20-5-3-4-18(16-20)26(28,29)30/h1-11,16,24H,12-15,17H2/t24-/m0/s1. The fourth-order valence-electron chi connectivity index (χ4n) is 4.56. The molecule has 2 aliphatic heterocycles. The molecule has 3 aromatic rings. The van der Waals surface area contributed by atoms with E-state index >= 15 is 0 Å². The lowest BCUT2D eigenvalue weighted by Gasteiger charge is -2.40. The first-order chi connectivity index (χ1) is 18.0. The fourth-order valence-corrected chi connectivity index (χ4v) is 6.16. The molecule has 5 rings (SSSR count). The quantitative estimate of drug-likeness (QED) is 0.460. The SMILES string of the molecule is O=C([C@@H]1CN(S(=O)(=O)c2ccc(Cl)cc2)c2ccccc2O1)N1CCN(c2cccc(C(F)(F)F)c2)CC1. The molecule has 2 heterocycles. The van der Waals surface area contributed by atoms with Crippen molar-refractivity contribution in [3.05, 3.63) is 83.4 Å². The van der Waals surface area contributed by atoms with E-state index in [0.717, 1.165) is 16.4 Å². The van der Waals surface area contributed by atoms with Crippen LogP contribution in [0.25, 0.3) is 0 Å². The average Bonchev–Trinajstić information content (AvgIpc) is 2.92. The first kappa shape index (κ1) is 26.2. The minimum Gasteiger partial charge on any atom is -0.476 e. The number of ether oxygens (including phenoxy) is 1. The summed E-state index contributed by atoms with van der Waals surface area (Å²) < 4.78 is 73.5. The summed E-state index contributed by atoms with van der Waals surface area (Å²) in [6.07, 6.45) is -5.53. The number of piperazine rings is 1. The van der Waals surface area contributed by atoms with Crippen LogP contribution in [-0.4, -0.2) is 58.1 Å². The Hall–Kier alpha value is -3.44. The summed E-state index contributed by atoms with van der Waals surface area (Å²) in [6, 6.07) is 17.4. The topological polar surface area (TPSA) is 70.2 Å². The molecule has 0 spiro atoms. The van der Waals surface area contributed by atoms with Gasteiger partial charge in [-0.1, -0.05) is 29.8 Å². The van der Waals surface area contributed by atoms with Gasteiger partial charge in [-0.2, -0.15) is 13.2 Å². The largest absolute Gasteiger partial charge is 0.476 e. The van der Waals surface area contributed by atoms with Crippen LogP contribution >= 0.6 is 11.6 Å². The van der Waals surface area contributed by atoms with E-state index in [0.29, 0.717) is 29.5 Å². The summed E-state index contributed by atoms with van der Waals surface area (Å²) in [6.45, 7) is 0.919. The van der Waals surface area contributed by atoms with Crippen LogP contribution in [0, 0.1) is 0 Å². The summed E-state index contributed by atoms with van der Waals surface area (Å²) in [5.41, 5.74) is 0.0145. The van der Waals surface area contributed by atoms with E-state index in [1.807, 2.05) is 0 Å². The van der Waals surface area contributed by atoms with Crippen molar-refractivity contribution in [2.45, 2.75) is 17.2 Å². The third kappa shape index (κ3) is 5.12. The third-order valence-electron chi connectivity index (χ3n) is 6.54. The molecule has 1 fully saturated rings. The van der Waals surface area contributed by atoms with Gasteiger partial charge in [0.1, 0.15) is 5.75 Å². The van der Waals surface area contributed by atoms with Crippen LogP contribution in [-0.2, 0) is 21.0 Å². The van der Waals surface area contributed by atoms with Gasteiger partial charge in [0.15, 0.2) is 6.10 Å². The predicted octanol–water partition coefficient (Wildman–Crippen LogP) is 4.66. The molecule has 7 nitrogen and oxygen atoms in total. The number of hydrogen-bond donors (Lipinski definition) is 0. The first-order valence-electron chi connectivity index (χ1n) is 11.8. The maximum Gasteiger partial charge on any atom is 0.416 e. The van der Waals surface area contributed by atoms with Crippen LogP contribution in [0.3, 0.4) is 0 Å². The van der Waals surface area contributed by atoms with Gasteiger partial charge < -0.3 is 14.5 Å². The van der Waals surface area contributed by atoms with Crippen molar-refractivity contribution in [2.24, 2.45) is 0 Å². The van der Waals surface area contributed by atoms with E-state index < -0.39 is 27.9 Å². The Balaban J connectivity index is 1.33. The zero-order valence-corrected chi connectivity index (χ0v) is 21.5. The smallest absolute Gasteiger partial charge is 0.416 e. The van der Waals surface area contributed by atoms with Gasteiger partial charge >= 0.3 is 6.18 Å². The number of nitrogens with zero attached hydrogens (tertiary/aromatic N) is 3. The lowest BCUT2D eigenvalue weighted by Crippen LogP contribution is -2.56. The number of carbonyl (C=O) groups is 1. The number of rotatable bonds is 4. The second-order valence-corrected chi connectivity index (χ2v) is 11.2. The highest BCUT2D eigenvalue weighted by Crippen LogP contribution is 2.37. The summed E-state index contributed by atoms with van der Waals surface area (Å²) in [7, 11) is -4.03. The Morgan fingerprint density at radius 2 is 1.61 bits per heavy atom. The number of halogens is 4. The molecule has 1 atom stereocenters. The van der Waals surface area contributed by atoms with Crippen LogP contribution in [0.1, 0.15) is 5.56 Å². The lowest BCUT2D eigenvalue weighted by molar-refractivity contribution is -0.139. The molecule has 12 heteroatoms. The van der Waals surface area contributed by atoms with Crippen molar-refractivity contribution in [3.63, 3.8) is 0 Å². The van der Waals surface area contributed by atoms with E-state index in [9.17, 15) is 26.4 Å². The molecule has 0 radical (unpaired) electrons. The Morgan fingerprint density at radius 3 is 2.29 bits per heavy atom. The molecular weight excluding hydrogens is 543 g/mol. The van der Waals surface area contributed by atoms with E-state index in [1.165, 1.54) is 30.3 Å². The highest BCUT2D eigenvalue weighted by atomic mass is 35.5. The second kappa shape index (κ2) is 10.0. The fraction of sp³-hybridized carbons (Fsp3) is 0.269. The van der Waals surface area contributed by atoms with Crippen molar-refractivity contribution >= 4 is 38.9 Å². The number of fused-ring (bicyclic) bond motifs is 1. The highest BCUT2D eigenvalue weighted by Gasteiger charge is 2.40. The molecular formula is C26H23ClF3N3O4S. The lowest BCUT2D eigenvalue weighted by atomic mass is 10.1. The summed E-state index contributed by atoms with van der Waals surface area (Å²) in [5.74, 6) is -0.128. The molecule has 0 aliphatic carbocycles. The molecule has 1 saturated heterocycles. The number of carbonyl (C=O) groups excluding carboxylic acids is 1. The number of para-hydroxylation sites is 2. The zero-order chi connectivity index (χ0) is 27.1. The number of amides is 1. The molecule has 38 heavy (non-hydrogen) atoms. The number of alkyl halides is 3. The maximum absolute atomic E-state index is 13.5. The van der Waals surface area contributed by atoms with Crippen LogP contribution < -0.4 is 13.9 Å². The Morgan fingerprint density at radius 1 is 0.921 bits per heavy atom. The second-order valence-electron chi connectivity index (χ2n) is 8.92. The van der Waals surface area contributed by atoms with Crippen molar-refractivity contribution < 1.29 is 31.1 Å². The molecule has 0 unspecified atom stereocenters. The zero-order valence-electron chi connectivity index (χ0n) is 19.9. The number of hydrogen-bond acceptors (Lipinski definition) is 5. The molecule has 0 aromatic heterocycles. The van der Waals surface area contributed by atoms with Crippen molar-refractivity contribution in [1.29, 1.82) is 0 Å². The van der Waals surface area contributed by atoms with Gasteiger partial charge in [-0.05, 0) is 54.6 Å². The summed E-state index contributed by atoms with van der Waals surface area (Å²) >= 11 is 5.92. The van der Waals surface area contributed by atoms with Crippen LogP contribution in [0.5, 0.6) is 5.75 Å². The average molecular weight is 566 g/mol. The van der Waals surface area contributed by atoms with E-state index in [2.05, 4.69) is 0 Å². The van der Waals surface area contributed by atoms with E-state index in [1.54, 1.807) is 40.1 Å². The maximum atomic E-state index is 13.5. The molecule has 3 aromatic carbocycles.